The SMILES string of the molecule is CCCn1c(CN(CCC(C)C)C(=O)c2ccsc2)nc2cccnc21. The van der Waals surface area contributed by atoms with Crippen molar-refractivity contribution in [2.75, 3.05) is 6.54 Å². The number of hydrogen-bond donors (Lipinski definition) is 0. The van der Waals surface area contributed by atoms with Crippen molar-refractivity contribution in [1.82, 2.24) is 19.4 Å². The van der Waals surface area contributed by atoms with Gasteiger partial charge in [-0.3, -0.25) is 4.79 Å². The number of pyridine rings is 1. The number of fused-ring (bicyclic) bond motifs is 1. The highest BCUT2D eigenvalue weighted by atomic mass is 32.1. The summed E-state index contributed by atoms with van der Waals surface area (Å²) in [4.78, 5) is 24.2. The number of imidazole rings is 1. The normalized spacial score (nSPS) is 11.4. The monoisotopic (exact) mass is 370 g/mol. The van der Waals surface area contributed by atoms with Crippen molar-refractivity contribution in [3.63, 3.8) is 0 Å². The molecule has 0 aliphatic carbocycles. The second-order valence-electron chi connectivity index (χ2n) is 6.95. The van der Waals surface area contributed by atoms with E-state index in [0.717, 1.165) is 48.5 Å². The van der Waals surface area contributed by atoms with E-state index in [0.29, 0.717) is 12.5 Å². The third-order valence-electron chi connectivity index (χ3n) is 4.39. The lowest BCUT2D eigenvalue weighted by Crippen LogP contribution is -2.33. The fraction of sp³-hybridized carbons (Fsp3) is 0.450. The van der Waals surface area contributed by atoms with E-state index in [2.05, 4.69) is 30.3 Å². The zero-order chi connectivity index (χ0) is 18.5. The molecular weight excluding hydrogens is 344 g/mol. The van der Waals surface area contributed by atoms with Gasteiger partial charge in [0.1, 0.15) is 11.3 Å². The summed E-state index contributed by atoms with van der Waals surface area (Å²) in [6.45, 7) is 8.61. The number of carbonyl (C=O) groups is 1. The molecule has 3 aromatic rings. The van der Waals surface area contributed by atoms with Gasteiger partial charge in [-0.05, 0) is 42.3 Å². The maximum atomic E-state index is 13.0. The van der Waals surface area contributed by atoms with Gasteiger partial charge in [-0.25, -0.2) is 9.97 Å². The molecule has 3 rings (SSSR count). The van der Waals surface area contributed by atoms with Crippen LogP contribution in [0.1, 0.15) is 49.8 Å². The fourth-order valence-electron chi connectivity index (χ4n) is 2.99. The third-order valence-corrected chi connectivity index (χ3v) is 5.08. The van der Waals surface area contributed by atoms with Gasteiger partial charge in [-0.1, -0.05) is 20.8 Å². The van der Waals surface area contributed by atoms with Gasteiger partial charge in [0, 0.05) is 24.7 Å². The molecule has 1 amide bonds. The predicted octanol–water partition coefficient (Wildman–Crippen LogP) is 4.59. The minimum absolute atomic E-state index is 0.0787. The Kier molecular flexibility index (Phi) is 6.04. The quantitative estimate of drug-likeness (QED) is 0.583. The first kappa shape index (κ1) is 18.6. The van der Waals surface area contributed by atoms with E-state index >= 15 is 0 Å². The first-order valence-electron chi connectivity index (χ1n) is 9.21. The van der Waals surface area contributed by atoms with Crippen LogP contribution in [0.3, 0.4) is 0 Å². The summed E-state index contributed by atoms with van der Waals surface area (Å²) in [5, 5.41) is 3.87. The van der Waals surface area contributed by atoms with Crippen molar-refractivity contribution in [2.24, 2.45) is 5.92 Å². The molecule has 0 unspecified atom stereocenters. The number of thiophene rings is 1. The van der Waals surface area contributed by atoms with E-state index in [1.54, 1.807) is 17.5 Å². The zero-order valence-electron chi connectivity index (χ0n) is 15.7. The average Bonchev–Trinajstić information content (AvgIpc) is 3.27. The van der Waals surface area contributed by atoms with Crippen molar-refractivity contribution < 1.29 is 4.79 Å². The lowest BCUT2D eigenvalue weighted by atomic mass is 10.1. The minimum atomic E-state index is 0.0787. The van der Waals surface area contributed by atoms with Gasteiger partial charge in [-0.15, -0.1) is 0 Å². The Morgan fingerprint density at radius 2 is 2.19 bits per heavy atom. The molecule has 0 atom stereocenters. The molecule has 0 fully saturated rings. The van der Waals surface area contributed by atoms with Crippen molar-refractivity contribution in [3.8, 4) is 0 Å². The van der Waals surface area contributed by atoms with E-state index in [9.17, 15) is 4.79 Å². The Hall–Kier alpha value is -2.21. The van der Waals surface area contributed by atoms with Gasteiger partial charge in [0.2, 0.25) is 0 Å². The molecule has 3 aromatic heterocycles. The Morgan fingerprint density at radius 3 is 2.88 bits per heavy atom. The van der Waals surface area contributed by atoms with Crippen molar-refractivity contribution in [3.05, 3.63) is 46.5 Å². The molecule has 0 aromatic carbocycles. The maximum Gasteiger partial charge on any atom is 0.255 e. The molecule has 0 aliphatic rings. The number of aryl methyl sites for hydroxylation is 1. The molecule has 6 heteroatoms. The Morgan fingerprint density at radius 1 is 1.35 bits per heavy atom. The average molecular weight is 371 g/mol. The van der Waals surface area contributed by atoms with Gasteiger partial charge in [0.25, 0.3) is 5.91 Å². The third kappa shape index (κ3) is 4.12. The van der Waals surface area contributed by atoms with Crippen molar-refractivity contribution in [1.29, 1.82) is 0 Å². The van der Waals surface area contributed by atoms with Gasteiger partial charge in [0.15, 0.2) is 5.65 Å². The smallest absolute Gasteiger partial charge is 0.255 e. The standard InChI is InChI=1S/C20H26N4OS/c1-4-10-24-18(22-17-6-5-9-21-19(17)24)13-23(11-7-15(2)3)20(25)16-8-12-26-14-16/h5-6,8-9,12,14-15H,4,7,10-11,13H2,1-3H3. The molecule has 0 radical (unpaired) electrons. The van der Waals surface area contributed by atoms with E-state index in [1.807, 2.05) is 33.9 Å². The van der Waals surface area contributed by atoms with E-state index in [1.165, 1.54) is 0 Å². The predicted molar refractivity (Wildman–Crippen MR) is 106 cm³/mol. The zero-order valence-corrected chi connectivity index (χ0v) is 16.5. The first-order chi connectivity index (χ1) is 12.6. The number of nitrogens with zero attached hydrogens (tertiary/aromatic N) is 4. The van der Waals surface area contributed by atoms with E-state index < -0.39 is 0 Å². The Labute approximate surface area is 158 Å². The number of aromatic nitrogens is 3. The summed E-state index contributed by atoms with van der Waals surface area (Å²) in [6, 6.07) is 5.78. The van der Waals surface area contributed by atoms with Crippen LogP contribution >= 0.6 is 11.3 Å². The van der Waals surface area contributed by atoms with E-state index in [4.69, 9.17) is 4.98 Å². The van der Waals surface area contributed by atoms with Crippen LogP contribution in [-0.2, 0) is 13.1 Å². The van der Waals surface area contributed by atoms with Crippen LogP contribution in [0.5, 0.6) is 0 Å². The van der Waals surface area contributed by atoms with Gasteiger partial charge >= 0.3 is 0 Å². The number of amides is 1. The highest BCUT2D eigenvalue weighted by Crippen LogP contribution is 2.19. The topological polar surface area (TPSA) is 51.0 Å². The molecule has 138 valence electrons. The van der Waals surface area contributed by atoms with Crippen molar-refractivity contribution >= 4 is 28.4 Å². The van der Waals surface area contributed by atoms with Crippen LogP contribution in [0.25, 0.3) is 11.2 Å². The highest BCUT2D eigenvalue weighted by molar-refractivity contribution is 7.08. The molecule has 0 saturated heterocycles. The lowest BCUT2D eigenvalue weighted by molar-refractivity contribution is 0.0730. The minimum Gasteiger partial charge on any atom is -0.331 e. The Balaban J connectivity index is 1.91. The van der Waals surface area contributed by atoms with E-state index in [-0.39, 0.29) is 5.91 Å². The highest BCUT2D eigenvalue weighted by Gasteiger charge is 2.20. The maximum absolute atomic E-state index is 13.0. The molecular formula is C20H26N4OS. The second kappa shape index (κ2) is 8.45. The van der Waals surface area contributed by atoms with Crippen LogP contribution in [0.2, 0.25) is 0 Å². The summed E-state index contributed by atoms with van der Waals surface area (Å²) in [6.07, 6.45) is 3.77. The molecule has 3 heterocycles. The molecule has 0 spiro atoms. The first-order valence-corrected chi connectivity index (χ1v) is 10.2. The molecule has 0 bridgehead atoms. The van der Waals surface area contributed by atoms with Gasteiger partial charge in [0.05, 0.1) is 12.1 Å². The number of hydrogen-bond acceptors (Lipinski definition) is 4. The van der Waals surface area contributed by atoms with Crippen LogP contribution < -0.4 is 0 Å². The van der Waals surface area contributed by atoms with Gasteiger partial charge in [-0.2, -0.15) is 11.3 Å². The summed E-state index contributed by atoms with van der Waals surface area (Å²) in [7, 11) is 0. The fourth-order valence-corrected chi connectivity index (χ4v) is 3.62. The van der Waals surface area contributed by atoms with Crippen LogP contribution in [-0.4, -0.2) is 31.9 Å². The largest absolute Gasteiger partial charge is 0.331 e. The van der Waals surface area contributed by atoms with Crippen LogP contribution in [0, 0.1) is 5.92 Å². The van der Waals surface area contributed by atoms with Crippen molar-refractivity contribution in [2.45, 2.75) is 46.7 Å². The molecule has 0 saturated carbocycles. The van der Waals surface area contributed by atoms with Crippen LogP contribution in [0.4, 0.5) is 0 Å². The summed E-state index contributed by atoms with van der Waals surface area (Å²) in [5.74, 6) is 1.53. The lowest BCUT2D eigenvalue weighted by Gasteiger charge is -2.23. The summed E-state index contributed by atoms with van der Waals surface area (Å²) in [5.41, 5.74) is 2.55. The Bertz CT molecular complexity index is 854. The molecule has 0 aliphatic heterocycles. The molecule has 26 heavy (non-hydrogen) atoms. The molecule has 5 nitrogen and oxygen atoms in total. The summed E-state index contributed by atoms with van der Waals surface area (Å²) < 4.78 is 2.15. The number of carbonyl (C=O) groups excluding carboxylic acids is 1. The second-order valence-corrected chi connectivity index (χ2v) is 7.73. The summed E-state index contributed by atoms with van der Waals surface area (Å²) >= 11 is 1.55. The number of rotatable bonds is 8. The van der Waals surface area contributed by atoms with Gasteiger partial charge < -0.3 is 9.47 Å². The van der Waals surface area contributed by atoms with Crippen LogP contribution in [0.15, 0.2) is 35.2 Å². The molecule has 0 N–H and O–H groups in total.